The van der Waals surface area contributed by atoms with Gasteiger partial charge in [0.25, 0.3) is 0 Å². The Morgan fingerprint density at radius 3 is 2.56 bits per heavy atom. The first-order chi connectivity index (χ1) is 12.3. The molecule has 2 heterocycles. The maximum atomic E-state index is 9.55. The number of nitrogens with one attached hydrogen (secondary N) is 1. The summed E-state index contributed by atoms with van der Waals surface area (Å²) in [6.07, 6.45) is 3.17. The Morgan fingerprint density at radius 2 is 1.88 bits per heavy atom. The summed E-state index contributed by atoms with van der Waals surface area (Å²) in [5, 5.41) is 29.3. The van der Waals surface area contributed by atoms with Gasteiger partial charge in [-0.1, -0.05) is 32.0 Å². The predicted molar refractivity (Wildman–Crippen MR) is 94.2 cm³/mol. The Bertz CT molecular complexity index is 894. The number of nitrogens with zero attached hydrogens (tertiary/aromatic N) is 6. The molecule has 0 fully saturated rings. The molecule has 3 rings (SSSR count). The smallest absolute Gasteiger partial charge is 0.167 e. The van der Waals surface area contributed by atoms with Crippen molar-refractivity contribution in [1.82, 2.24) is 25.0 Å². The lowest BCUT2D eigenvalue weighted by Crippen LogP contribution is -2.12. The predicted octanol–water partition coefficient (Wildman–Crippen LogP) is 2.67. The lowest BCUT2D eigenvalue weighted by atomic mass is 10.0. The second-order valence-electron chi connectivity index (χ2n) is 5.47. The monoisotopic (exact) mass is 333 g/mol. The SMILES string of the molecule is CCc1nnc(NCc2nncn2-c2ccccc2)c(C#N)c1CC. The van der Waals surface area contributed by atoms with Crippen molar-refractivity contribution in [2.24, 2.45) is 0 Å². The lowest BCUT2D eigenvalue weighted by Gasteiger charge is -2.12. The number of hydrogen-bond donors (Lipinski definition) is 1. The van der Waals surface area contributed by atoms with Gasteiger partial charge < -0.3 is 5.32 Å². The van der Waals surface area contributed by atoms with E-state index >= 15 is 0 Å². The molecule has 0 radical (unpaired) electrons. The van der Waals surface area contributed by atoms with Crippen molar-refractivity contribution >= 4 is 5.82 Å². The Kier molecular flexibility index (Phi) is 5.00. The van der Waals surface area contributed by atoms with Gasteiger partial charge >= 0.3 is 0 Å². The summed E-state index contributed by atoms with van der Waals surface area (Å²) in [5.41, 5.74) is 3.36. The van der Waals surface area contributed by atoms with Crippen molar-refractivity contribution in [1.29, 1.82) is 5.26 Å². The zero-order chi connectivity index (χ0) is 17.6. The maximum Gasteiger partial charge on any atom is 0.167 e. The van der Waals surface area contributed by atoms with Crippen molar-refractivity contribution in [3.8, 4) is 11.8 Å². The normalized spacial score (nSPS) is 10.4. The van der Waals surface area contributed by atoms with Gasteiger partial charge in [-0.05, 0) is 30.5 Å². The molecule has 7 heteroatoms. The van der Waals surface area contributed by atoms with E-state index in [1.807, 2.05) is 48.7 Å². The van der Waals surface area contributed by atoms with Gasteiger partial charge in [0.05, 0.1) is 12.2 Å². The van der Waals surface area contributed by atoms with E-state index in [0.29, 0.717) is 17.9 Å². The average molecular weight is 333 g/mol. The van der Waals surface area contributed by atoms with E-state index < -0.39 is 0 Å². The van der Waals surface area contributed by atoms with E-state index in [1.165, 1.54) is 0 Å². The summed E-state index contributed by atoms with van der Waals surface area (Å²) >= 11 is 0. The van der Waals surface area contributed by atoms with Crippen LogP contribution in [0.5, 0.6) is 0 Å². The van der Waals surface area contributed by atoms with Gasteiger partial charge in [0.2, 0.25) is 0 Å². The molecule has 1 N–H and O–H groups in total. The molecule has 0 spiro atoms. The number of rotatable bonds is 6. The minimum Gasteiger partial charge on any atom is -0.360 e. The first-order valence-corrected chi connectivity index (χ1v) is 8.25. The second kappa shape index (κ2) is 7.53. The molecule has 0 saturated heterocycles. The van der Waals surface area contributed by atoms with Gasteiger partial charge in [0, 0.05) is 5.69 Å². The van der Waals surface area contributed by atoms with Gasteiger partial charge in [-0.25, -0.2) is 0 Å². The molecule has 3 aromatic rings. The Labute approximate surface area is 146 Å². The highest BCUT2D eigenvalue weighted by molar-refractivity contribution is 5.56. The van der Waals surface area contributed by atoms with Crippen LogP contribution in [0.3, 0.4) is 0 Å². The van der Waals surface area contributed by atoms with Gasteiger partial charge in [-0.15, -0.1) is 15.3 Å². The quantitative estimate of drug-likeness (QED) is 0.745. The third kappa shape index (κ3) is 3.33. The fraction of sp³-hybridized carbons (Fsp3) is 0.278. The highest BCUT2D eigenvalue weighted by Crippen LogP contribution is 2.20. The molecular weight excluding hydrogens is 314 g/mol. The number of hydrogen-bond acceptors (Lipinski definition) is 6. The molecule has 2 aromatic heterocycles. The number of nitriles is 1. The van der Waals surface area contributed by atoms with Gasteiger partial charge in [0.15, 0.2) is 11.6 Å². The van der Waals surface area contributed by atoms with E-state index in [-0.39, 0.29) is 0 Å². The van der Waals surface area contributed by atoms with Crippen molar-refractivity contribution in [2.45, 2.75) is 33.2 Å². The van der Waals surface area contributed by atoms with E-state index in [0.717, 1.165) is 35.6 Å². The van der Waals surface area contributed by atoms with Gasteiger partial charge in [-0.2, -0.15) is 10.4 Å². The summed E-state index contributed by atoms with van der Waals surface area (Å²) in [6, 6.07) is 12.1. The summed E-state index contributed by atoms with van der Waals surface area (Å²) in [5.74, 6) is 1.22. The van der Waals surface area contributed by atoms with Crippen LogP contribution in [0.15, 0.2) is 36.7 Å². The molecule has 7 nitrogen and oxygen atoms in total. The van der Waals surface area contributed by atoms with Crippen molar-refractivity contribution < 1.29 is 0 Å². The van der Waals surface area contributed by atoms with E-state index in [9.17, 15) is 5.26 Å². The minimum absolute atomic E-state index is 0.396. The number of aromatic nitrogens is 5. The lowest BCUT2D eigenvalue weighted by molar-refractivity contribution is 0.848. The summed E-state index contributed by atoms with van der Waals surface area (Å²) < 4.78 is 1.90. The molecule has 0 aliphatic heterocycles. The van der Waals surface area contributed by atoms with Crippen molar-refractivity contribution in [3.05, 3.63) is 59.3 Å². The molecule has 0 amide bonds. The molecule has 1 aromatic carbocycles. The molecule has 0 saturated carbocycles. The number of aryl methyl sites for hydroxylation is 1. The van der Waals surface area contributed by atoms with Crippen LogP contribution in [0.2, 0.25) is 0 Å². The molecule has 0 bridgehead atoms. The van der Waals surface area contributed by atoms with Gasteiger partial charge in [-0.3, -0.25) is 4.57 Å². The van der Waals surface area contributed by atoms with Crippen LogP contribution in [0.4, 0.5) is 5.82 Å². The summed E-state index contributed by atoms with van der Waals surface area (Å²) in [6.45, 7) is 4.43. The number of benzene rings is 1. The first kappa shape index (κ1) is 16.6. The van der Waals surface area contributed by atoms with Crippen molar-refractivity contribution in [3.63, 3.8) is 0 Å². The molecule has 0 aliphatic carbocycles. The molecular formula is C18H19N7. The Balaban J connectivity index is 1.87. The number of para-hydroxylation sites is 1. The van der Waals surface area contributed by atoms with E-state index in [1.54, 1.807) is 6.33 Å². The molecule has 25 heavy (non-hydrogen) atoms. The second-order valence-corrected chi connectivity index (χ2v) is 5.47. The standard InChI is InChI=1S/C18H19N7/c1-3-14-15(10-19)18(24-22-16(14)4-2)20-11-17-23-21-12-25(17)13-8-6-5-7-9-13/h5-9,12H,3-4,11H2,1-2H3,(H,20,24). The number of anilines is 1. The molecule has 0 aliphatic rings. The highest BCUT2D eigenvalue weighted by atomic mass is 15.3. The highest BCUT2D eigenvalue weighted by Gasteiger charge is 2.15. The van der Waals surface area contributed by atoms with Crippen LogP contribution >= 0.6 is 0 Å². The average Bonchev–Trinajstić information content (AvgIpc) is 3.14. The van der Waals surface area contributed by atoms with Gasteiger partial charge in [0.1, 0.15) is 18.0 Å². The van der Waals surface area contributed by atoms with Crippen LogP contribution in [-0.2, 0) is 19.4 Å². The van der Waals surface area contributed by atoms with E-state index in [4.69, 9.17) is 0 Å². The van der Waals surface area contributed by atoms with Crippen LogP contribution in [0.25, 0.3) is 5.69 Å². The van der Waals surface area contributed by atoms with Crippen molar-refractivity contribution in [2.75, 3.05) is 5.32 Å². The largest absolute Gasteiger partial charge is 0.360 e. The fourth-order valence-corrected chi connectivity index (χ4v) is 2.76. The summed E-state index contributed by atoms with van der Waals surface area (Å²) in [7, 11) is 0. The van der Waals surface area contributed by atoms with E-state index in [2.05, 4.69) is 31.8 Å². The zero-order valence-corrected chi connectivity index (χ0v) is 14.3. The third-order valence-corrected chi connectivity index (χ3v) is 4.02. The third-order valence-electron chi connectivity index (χ3n) is 4.02. The van der Waals surface area contributed by atoms with Crippen LogP contribution in [0, 0.1) is 11.3 Å². The molecule has 0 unspecified atom stereocenters. The Morgan fingerprint density at radius 1 is 1.08 bits per heavy atom. The summed E-state index contributed by atoms with van der Waals surface area (Å²) in [4.78, 5) is 0. The zero-order valence-electron chi connectivity index (χ0n) is 14.3. The first-order valence-electron chi connectivity index (χ1n) is 8.25. The molecule has 0 atom stereocenters. The minimum atomic E-state index is 0.396. The molecule has 126 valence electrons. The Hall–Kier alpha value is -3.27. The maximum absolute atomic E-state index is 9.55. The van der Waals surface area contributed by atoms with Crippen LogP contribution < -0.4 is 5.32 Å². The van der Waals surface area contributed by atoms with Crippen LogP contribution in [0.1, 0.15) is 36.5 Å². The van der Waals surface area contributed by atoms with Crippen LogP contribution in [-0.4, -0.2) is 25.0 Å². The fourth-order valence-electron chi connectivity index (χ4n) is 2.76. The topological polar surface area (TPSA) is 92.3 Å².